The standard InChI is InChI=1S/C21H18ClN5O/c1-13-15(12-27(2)26-13)11-24-21(28)18-9-20(14-4-3-7-23-10-14)25-19-6-5-16(22)8-17(18)19/h3-10,12H,11H2,1-2H3,(H,24,28). The molecule has 1 N–H and O–H groups in total. The second-order valence-electron chi connectivity index (χ2n) is 6.55. The predicted molar refractivity (Wildman–Crippen MR) is 109 cm³/mol. The summed E-state index contributed by atoms with van der Waals surface area (Å²) in [4.78, 5) is 21.8. The van der Waals surface area contributed by atoms with Crippen molar-refractivity contribution in [2.45, 2.75) is 13.5 Å². The Bertz CT molecular complexity index is 1170. The molecule has 4 rings (SSSR count). The van der Waals surface area contributed by atoms with Crippen molar-refractivity contribution in [3.05, 3.63) is 76.8 Å². The highest BCUT2D eigenvalue weighted by Crippen LogP contribution is 2.27. The van der Waals surface area contributed by atoms with E-state index in [1.807, 2.05) is 38.4 Å². The largest absolute Gasteiger partial charge is 0.348 e. The van der Waals surface area contributed by atoms with Gasteiger partial charge in [-0.25, -0.2) is 4.98 Å². The average molecular weight is 392 g/mol. The van der Waals surface area contributed by atoms with E-state index in [0.29, 0.717) is 33.7 Å². The second-order valence-corrected chi connectivity index (χ2v) is 6.99. The van der Waals surface area contributed by atoms with Crippen molar-refractivity contribution in [3.63, 3.8) is 0 Å². The van der Waals surface area contributed by atoms with E-state index < -0.39 is 0 Å². The van der Waals surface area contributed by atoms with Crippen molar-refractivity contribution in [2.75, 3.05) is 0 Å². The Balaban J connectivity index is 1.74. The Morgan fingerprint density at radius 1 is 1.25 bits per heavy atom. The third-order valence-electron chi connectivity index (χ3n) is 4.53. The molecular formula is C21H18ClN5O. The topological polar surface area (TPSA) is 72.7 Å². The van der Waals surface area contributed by atoms with Crippen LogP contribution in [0.25, 0.3) is 22.2 Å². The summed E-state index contributed by atoms with van der Waals surface area (Å²) in [7, 11) is 1.86. The lowest BCUT2D eigenvalue weighted by molar-refractivity contribution is 0.0952. The highest BCUT2D eigenvalue weighted by Gasteiger charge is 2.15. The van der Waals surface area contributed by atoms with Gasteiger partial charge in [0.15, 0.2) is 0 Å². The number of amides is 1. The van der Waals surface area contributed by atoms with Crippen LogP contribution in [0.4, 0.5) is 0 Å². The number of hydrogen-bond donors (Lipinski definition) is 1. The molecule has 0 saturated carbocycles. The smallest absolute Gasteiger partial charge is 0.252 e. The van der Waals surface area contributed by atoms with E-state index in [2.05, 4.69) is 20.4 Å². The number of nitrogens with one attached hydrogen (secondary N) is 1. The normalized spacial score (nSPS) is 11.0. The fraction of sp³-hybridized carbons (Fsp3) is 0.143. The highest BCUT2D eigenvalue weighted by molar-refractivity contribution is 6.31. The van der Waals surface area contributed by atoms with Gasteiger partial charge in [0.05, 0.1) is 22.5 Å². The lowest BCUT2D eigenvalue weighted by Crippen LogP contribution is -2.23. The van der Waals surface area contributed by atoms with E-state index in [4.69, 9.17) is 11.6 Å². The number of fused-ring (bicyclic) bond motifs is 1. The minimum Gasteiger partial charge on any atom is -0.348 e. The van der Waals surface area contributed by atoms with Crippen LogP contribution >= 0.6 is 11.6 Å². The Hall–Kier alpha value is -3.25. The molecule has 1 amide bonds. The first-order valence-electron chi connectivity index (χ1n) is 8.79. The van der Waals surface area contributed by atoms with Gasteiger partial charge in [0, 0.05) is 53.7 Å². The molecule has 3 heterocycles. The number of carbonyl (C=O) groups is 1. The molecule has 1 aromatic carbocycles. The molecule has 0 aliphatic carbocycles. The molecule has 0 spiro atoms. The van der Waals surface area contributed by atoms with Gasteiger partial charge in [0.25, 0.3) is 5.91 Å². The minimum absolute atomic E-state index is 0.192. The molecule has 0 aliphatic heterocycles. The summed E-state index contributed by atoms with van der Waals surface area (Å²) in [6.45, 7) is 2.31. The number of aromatic nitrogens is 4. The van der Waals surface area contributed by atoms with Crippen LogP contribution in [0, 0.1) is 6.92 Å². The average Bonchev–Trinajstić information content (AvgIpc) is 3.03. The van der Waals surface area contributed by atoms with Gasteiger partial charge in [-0.2, -0.15) is 5.10 Å². The van der Waals surface area contributed by atoms with Crippen LogP contribution in [-0.2, 0) is 13.6 Å². The first-order chi connectivity index (χ1) is 13.5. The Labute approximate surface area is 167 Å². The third kappa shape index (κ3) is 3.59. The summed E-state index contributed by atoms with van der Waals surface area (Å²) in [6.07, 6.45) is 5.33. The molecule has 3 aromatic heterocycles. The molecule has 140 valence electrons. The van der Waals surface area contributed by atoms with Crippen LogP contribution in [-0.4, -0.2) is 25.7 Å². The van der Waals surface area contributed by atoms with Gasteiger partial charge in [0.1, 0.15) is 0 Å². The molecule has 7 heteroatoms. The quantitative estimate of drug-likeness (QED) is 0.572. The summed E-state index contributed by atoms with van der Waals surface area (Å²) in [5.41, 5.74) is 4.62. The van der Waals surface area contributed by atoms with E-state index in [-0.39, 0.29) is 5.91 Å². The SMILES string of the molecule is Cc1nn(C)cc1CNC(=O)c1cc(-c2cccnc2)nc2ccc(Cl)cc12. The van der Waals surface area contributed by atoms with Crippen molar-refractivity contribution < 1.29 is 4.79 Å². The van der Waals surface area contributed by atoms with E-state index >= 15 is 0 Å². The maximum absolute atomic E-state index is 13.0. The number of pyridine rings is 2. The van der Waals surface area contributed by atoms with E-state index in [1.54, 1.807) is 35.3 Å². The monoisotopic (exact) mass is 391 g/mol. The molecule has 0 aliphatic rings. The van der Waals surface area contributed by atoms with Gasteiger partial charge in [-0.1, -0.05) is 11.6 Å². The zero-order valence-corrected chi connectivity index (χ0v) is 16.2. The van der Waals surface area contributed by atoms with Crippen LogP contribution in [0.15, 0.2) is 55.0 Å². The fourth-order valence-corrected chi connectivity index (χ4v) is 3.31. The number of rotatable bonds is 4. The molecule has 6 nitrogen and oxygen atoms in total. The Kier molecular flexibility index (Phi) is 4.79. The molecule has 28 heavy (non-hydrogen) atoms. The van der Waals surface area contributed by atoms with Crippen LogP contribution < -0.4 is 5.32 Å². The fourth-order valence-electron chi connectivity index (χ4n) is 3.14. The number of hydrogen-bond acceptors (Lipinski definition) is 4. The molecule has 0 bridgehead atoms. The summed E-state index contributed by atoms with van der Waals surface area (Å²) >= 11 is 6.17. The van der Waals surface area contributed by atoms with Crippen LogP contribution in [0.3, 0.4) is 0 Å². The predicted octanol–water partition coefficient (Wildman–Crippen LogP) is 3.92. The molecule has 0 saturated heterocycles. The number of benzene rings is 1. The molecule has 0 unspecified atom stereocenters. The summed E-state index contributed by atoms with van der Waals surface area (Å²) < 4.78 is 1.74. The Morgan fingerprint density at radius 3 is 2.82 bits per heavy atom. The van der Waals surface area contributed by atoms with E-state index in [9.17, 15) is 4.79 Å². The number of aryl methyl sites for hydroxylation is 2. The molecule has 0 fully saturated rings. The van der Waals surface area contributed by atoms with Gasteiger partial charge in [0.2, 0.25) is 0 Å². The molecule has 0 atom stereocenters. The molecular weight excluding hydrogens is 374 g/mol. The van der Waals surface area contributed by atoms with E-state index in [0.717, 1.165) is 16.8 Å². The number of carbonyl (C=O) groups excluding carboxylic acids is 1. The molecule has 0 radical (unpaired) electrons. The van der Waals surface area contributed by atoms with Crippen LogP contribution in [0.2, 0.25) is 5.02 Å². The van der Waals surface area contributed by atoms with Crippen molar-refractivity contribution >= 4 is 28.4 Å². The van der Waals surface area contributed by atoms with Gasteiger partial charge >= 0.3 is 0 Å². The zero-order chi connectivity index (χ0) is 19.7. The van der Waals surface area contributed by atoms with Crippen molar-refractivity contribution in [1.82, 2.24) is 25.1 Å². The minimum atomic E-state index is -0.192. The summed E-state index contributed by atoms with van der Waals surface area (Å²) in [5, 5.41) is 8.55. The van der Waals surface area contributed by atoms with Crippen molar-refractivity contribution in [1.29, 1.82) is 0 Å². The first-order valence-corrected chi connectivity index (χ1v) is 9.17. The lowest BCUT2D eigenvalue weighted by atomic mass is 10.0. The van der Waals surface area contributed by atoms with Crippen molar-refractivity contribution in [3.8, 4) is 11.3 Å². The number of nitrogens with zero attached hydrogens (tertiary/aromatic N) is 4. The van der Waals surface area contributed by atoms with Gasteiger partial charge in [-0.05, 0) is 43.3 Å². The first kappa shape index (κ1) is 18.1. The maximum Gasteiger partial charge on any atom is 0.252 e. The van der Waals surface area contributed by atoms with Gasteiger partial charge in [-0.15, -0.1) is 0 Å². The zero-order valence-electron chi connectivity index (χ0n) is 15.5. The third-order valence-corrected chi connectivity index (χ3v) is 4.76. The van der Waals surface area contributed by atoms with Crippen LogP contribution in [0.5, 0.6) is 0 Å². The van der Waals surface area contributed by atoms with E-state index in [1.165, 1.54) is 0 Å². The summed E-state index contributed by atoms with van der Waals surface area (Å²) in [5.74, 6) is -0.192. The summed E-state index contributed by atoms with van der Waals surface area (Å²) in [6, 6.07) is 10.9. The second kappa shape index (κ2) is 7.40. The van der Waals surface area contributed by atoms with Gasteiger partial charge < -0.3 is 5.32 Å². The maximum atomic E-state index is 13.0. The highest BCUT2D eigenvalue weighted by atomic mass is 35.5. The lowest BCUT2D eigenvalue weighted by Gasteiger charge is -2.11. The molecule has 4 aromatic rings. The van der Waals surface area contributed by atoms with Crippen molar-refractivity contribution in [2.24, 2.45) is 7.05 Å². The number of halogens is 1. The Morgan fingerprint density at radius 2 is 2.11 bits per heavy atom. The van der Waals surface area contributed by atoms with Gasteiger partial charge in [-0.3, -0.25) is 14.5 Å². The van der Waals surface area contributed by atoms with Crippen LogP contribution in [0.1, 0.15) is 21.6 Å².